The smallest absolute Gasteiger partial charge is 0.251 e. The number of rotatable bonds is 22. The van der Waals surface area contributed by atoms with Gasteiger partial charge < -0.3 is 99.1 Å². The van der Waals surface area contributed by atoms with E-state index in [2.05, 4.69) is 10.6 Å². The van der Waals surface area contributed by atoms with Crippen LogP contribution in [-0.2, 0) is 33.2 Å². The second-order valence-corrected chi connectivity index (χ2v) is 19.9. The number of carboxylic acid groups (broad SMARTS) is 1. The lowest BCUT2D eigenvalue weighted by Crippen LogP contribution is -2.66. The Balaban J connectivity index is 0.859. The van der Waals surface area contributed by atoms with Gasteiger partial charge in [-0.05, 0) is 55.7 Å². The minimum atomic E-state index is -1.77. The van der Waals surface area contributed by atoms with Gasteiger partial charge >= 0.3 is 0 Å². The number of carbonyl (C=O) groups excluding carboxylic acids is 3. The first-order valence-corrected chi connectivity index (χ1v) is 25.6. The van der Waals surface area contributed by atoms with Crippen molar-refractivity contribution >= 4 is 34.4 Å². The number of nitrogens with zero attached hydrogens (tertiary/aromatic N) is 2. The third-order valence-electron chi connectivity index (χ3n) is 13.9. The number of hydrogen-bond donors (Lipinski definition) is 10. The molecule has 418 valence electrons. The molecule has 3 fully saturated rings. The van der Waals surface area contributed by atoms with Gasteiger partial charge in [0.25, 0.3) is 5.91 Å². The predicted molar refractivity (Wildman–Crippen MR) is 269 cm³/mol. The molecule has 0 unspecified atom stereocenters. The molecule has 0 bridgehead atoms. The Morgan fingerprint density at radius 2 is 1.42 bits per heavy atom. The summed E-state index contributed by atoms with van der Waals surface area (Å²) in [6, 6.07) is 15.8. The van der Waals surface area contributed by atoms with Crippen molar-refractivity contribution in [2.24, 2.45) is 0 Å². The number of aliphatic hydroxyl groups is 8. The lowest BCUT2D eigenvalue weighted by molar-refractivity contribution is -0.386. The Bertz CT molecular complexity index is 2650. The summed E-state index contributed by atoms with van der Waals surface area (Å²) in [5.74, 6) is -1.63. The quantitative estimate of drug-likeness (QED) is 0.0240. The summed E-state index contributed by atoms with van der Waals surface area (Å²) in [5.41, 5.74) is 3.04. The SMILES string of the molecule is C[C@@H]1O[C@@H](O[C@H]2[C@H](OCCCCCCCCC(=O)NCCNC(=O)c3ccc(-c4c5ccc(=[N+](C)C)cc-5oc5cc(N(C)C)ccc45)c(C(=O)[O-])c3)O[C@H](CO)[C@H](O)[C@@H]2O[C@H]2OC[C@H](O)[C@H](O)[C@H]2O)[C@@H](O)[C@H](O)[C@@H]1O. The van der Waals surface area contributed by atoms with Gasteiger partial charge in [0.2, 0.25) is 11.3 Å². The van der Waals surface area contributed by atoms with Crippen LogP contribution >= 0.6 is 0 Å². The first kappa shape index (κ1) is 58.5. The number of ether oxygens (including phenoxy) is 6. The zero-order valence-corrected chi connectivity index (χ0v) is 43.2. The molecule has 0 spiro atoms. The van der Waals surface area contributed by atoms with Crippen LogP contribution in [0.4, 0.5) is 5.69 Å². The molecule has 4 aliphatic heterocycles. The van der Waals surface area contributed by atoms with E-state index < -0.39 is 111 Å². The van der Waals surface area contributed by atoms with Gasteiger partial charge in [-0.15, -0.1) is 0 Å². The highest BCUT2D eigenvalue weighted by Gasteiger charge is 2.53. The molecule has 3 saturated heterocycles. The number of benzene rings is 3. The van der Waals surface area contributed by atoms with Crippen molar-refractivity contribution in [2.75, 3.05) is 66.0 Å². The molecule has 1 aliphatic carbocycles. The summed E-state index contributed by atoms with van der Waals surface area (Å²) in [6.45, 7) is 0.651. The Kier molecular flexibility index (Phi) is 20.3. The minimum Gasteiger partial charge on any atom is -0.545 e. The molecule has 0 radical (unpaired) electrons. The fourth-order valence-electron chi connectivity index (χ4n) is 9.46. The molecule has 4 heterocycles. The van der Waals surface area contributed by atoms with Gasteiger partial charge in [0, 0.05) is 85.7 Å². The molecule has 23 nitrogen and oxygen atoms in total. The van der Waals surface area contributed by atoms with E-state index in [4.69, 9.17) is 32.8 Å². The average Bonchev–Trinajstić information content (AvgIpc) is 3.42. The molecule has 76 heavy (non-hydrogen) atoms. The van der Waals surface area contributed by atoms with Crippen LogP contribution in [-0.4, -0.2) is 206 Å². The molecular weight excluding hydrogens is 997 g/mol. The van der Waals surface area contributed by atoms with Crippen molar-refractivity contribution in [1.29, 1.82) is 0 Å². The number of anilines is 1. The van der Waals surface area contributed by atoms with Crippen molar-refractivity contribution in [3.8, 4) is 22.5 Å². The fourth-order valence-corrected chi connectivity index (χ4v) is 9.46. The normalized spacial score (nSPS) is 28.8. The van der Waals surface area contributed by atoms with Gasteiger partial charge in [-0.3, -0.25) is 9.59 Å². The van der Waals surface area contributed by atoms with Gasteiger partial charge in [0.15, 0.2) is 18.9 Å². The van der Waals surface area contributed by atoms with Crippen LogP contribution < -0.4 is 30.6 Å². The molecule has 0 saturated carbocycles. The number of hydrogen-bond acceptors (Lipinski definition) is 20. The van der Waals surface area contributed by atoms with Crippen molar-refractivity contribution in [3.63, 3.8) is 0 Å². The van der Waals surface area contributed by atoms with Crippen LogP contribution in [0.1, 0.15) is 72.6 Å². The molecular formula is C53H72N4O19. The van der Waals surface area contributed by atoms with E-state index in [1.807, 2.05) is 74.1 Å². The van der Waals surface area contributed by atoms with E-state index in [1.54, 1.807) is 12.1 Å². The fraction of sp³-hybridized carbons (Fsp3) is 0.585. The summed E-state index contributed by atoms with van der Waals surface area (Å²) < 4.78 is 43.2. The minimum absolute atomic E-state index is 0.0860. The van der Waals surface area contributed by atoms with Gasteiger partial charge in [0.1, 0.15) is 86.5 Å². The maximum Gasteiger partial charge on any atom is 0.251 e. The van der Waals surface area contributed by atoms with Crippen molar-refractivity contribution < 1.29 is 93.2 Å². The molecule has 0 aromatic heterocycles. The van der Waals surface area contributed by atoms with Crippen molar-refractivity contribution in [3.05, 3.63) is 71.1 Å². The average molecular weight is 1070 g/mol. The number of nitrogens with one attached hydrogen (secondary N) is 2. The third-order valence-corrected chi connectivity index (χ3v) is 13.9. The van der Waals surface area contributed by atoms with Gasteiger partial charge in [-0.1, -0.05) is 31.7 Å². The van der Waals surface area contributed by atoms with E-state index in [1.165, 1.54) is 13.0 Å². The summed E-state index contributed by atoms with van der Waals surface area (Å²) in [7, 11) is 7.65. The lowest BCUT2D eigenvalue weighted by atomic mass is 9.89. The molecule has 10 N–H and O–H groups in total. The van der Waals surface area contributed by atoms with E-state index in [-0.39, 0.29) is 43.2 Å². The standard InChI is InChI=1S/C53H72N4O19/c1-27-41(61)44(64)46(66)52(72-27)76-48-47(75-51-45(65)42(62)35(59)26-71-51)43(63)38(25-58)74-53(48)70-21-11-9-7-6-8-10-12-39(60)54-19-20-55-49(67)28-13-16-31(34(22-28)50(68)69)40-32-17-14-29(56(2)3)23-36(32)73-37-24-30(57(4)5)15-18-33(37)40/h13-18,22-24,27,35,38,41-48,51-53,58-59,61-66H,6-12,19-21,25-26H2,1-5H3,(H2-,54,55,60,67,68,69)/t27-,35-,38+,41+,42-,43-,44+,45+,46-,47-,48+,51+,52-,53+/m0/s1. The Morgan fingerprint density at radius 3 is 2.13 bits per heavy atom. The maximum atomic E-state index is 13.3. The van der Waals surface area contributed by atoms with Crippen LogP contribution in [0.15, 0.2) is 59.0 Å². The lowest BCUT2D eigenvalue weighted by Gasteiger charge is -2.48. The number of aliphatic hydroxyl groups excluding tert-OH is 8. The number of carboxylic acids is 1. The zero-order valence-electron chi connectivity index (χ0n) is 43.2. The number of amides is 2. The molecule has 2 aromatic rings. The Hall–Kier alpha value is -5.22. The zero-order chi connectivity index (χ0) is 55.0. The molecule has 14 atom stereocenters. The largest absolute Gasteiger partial charge is 0.545 e. The second-order valence-electron chi connectivity index (χ2n) is 19.9. The Morgan fingerprint density at radius 1 is 0.737 bits per heavy atom. The van der Waals surface area contributed by atoms with Crippen molar-refractivity contribution in [1.82, 2.24) is 15.2 Å². The van der Waals surface area contributed by atoms with Crippen LogP contribution in [0.3, 0.4) is 0 Å². The number of aromatic carboxylic acids is 1. The first-order chi connectivity index (χ1) is 36.3. The van der Waals surface area contributed by atoms with Crippen LogP contribution in [0.25, 0.3) is 33.4 Å². The Labute approximate surface area is 439 Å². The summed E-state index contributed by atoms with van der Waals surface area (Å²) in [6.07, 6.45) is -16.8. The van der Waals surface area contributed by atoms with Crippen LogP contribution in [0.5, 0.6) is 0 Å². The first-order valence-electron chi connectivity index (χ1n) is 25.6. The van der Waals surface area contributed by atoms with E-state index in [0.29, 0.717) is 52.7 Å². The summed E-state index contributed by atoms with van der Waals surface area (Å²) in [4.78, 5) is 40.6. The predicted octanol–water partition coefficient (Wildman–Crippen LogP) is -1.63. The maximum absolute atomic E-state index is 13.3. The number of fused-ring (bicyclic) bond motifs is 2. The third kappa shape index (κ3) is 13.7. The van der Waals surface area contributed by atoms with Gasteiger partial charge in [-0.2, -0.15) is 0 Å². The van der Waals surface area contributed by atoms with Crippen molar-refractivity contribution in [2.45, 2.75) is 138 Å². The second kappa shape index (κ2) is 26.4. The van der Waals surface area contributed by atoms with Crippen LogP contribution in [0.2, 0.25) is 0 Å². The number of carbonyl (C=O) groups is 3. The summed E-state index contributed by atoms with van der Waals surface area (Å²) in [5, 5.41) is 103. The van der Waals surface area contributed by atoms with Gasteiger partial charge in [-0.25, -0.2) is 4.58 Å². The molecule has 5 aliphatic rings. The van der Waals surface area contributed by atoms with Gasteiger partial charge in [0.05, 0.1) is 31.4 Å². The van der Waals surface area contributed by atoms with E-state index in [9.17, 15) is 60.3 Å². The van der Waals surface area contributed by atoms with Crippen LogP contribution in [0, 0.1) is 0 Å². The highest BCUT2D eigenvalue weighted by atomic mass is 16.8. The molecule has 23 heteroatoms. The highest BCUT2D eigenvalue weighted by molar-refractivity contribution is 6.09. The molecule has 2 amide bonds. The monoisotopic (exact) mass is 1070 g/mol. The highest BCUT2D eigenvalue weighted by Crippen LogP contribution is 2.42. The molecule has 7 rings (SSSR count). The number of unbranched alkanes of at least 4 members (excludes halogenated alkanes) is 5. The summed E-state index contributed by atoms with van der Waals surface area (Å²) >= 11 is 0. The van der Waals surface area contributed by atoms with E-state index in [0.717, 1.165) is 30.3 Å². The van der Waals surface area contributed by atoms with E-state index >= 15 is 0 Å². The topological polar surface area (TPSA) is 335 Å². The molecule has 2 aromatic carbocycles.